The van der Waals surface area contributed by atoms with Gasteiger partial charge in [0.05, 0.1) is 7.11 Å². The van der Waals surface area contributed by atoms with Crippen LogP contribution in [0, 0.1) is 5.41 Å². The van der Waals surface area contributed by atoms with Crippen molar-refractivity contribution in [3.8, 4) is 5.75 Å². The summed E-state index contributed by atoms with van der Waals surface area (Å²) >= 11 is 0. The van der Waals surface area contributed by atoms with Crippen LogP contribution in [0.2, 0.25) is 0 Å². The lowest BCUT2D eigenvalue weighted by atomic mass is 9.76. The van der Waals surface area contributed by atoms with Gasteiger partial charge in [0.1, 0.15) is 5.75 Å². The van der Waals surface area contributed by atoms with Crippen LogP contribution < -0.4 is 4.74 Å². The van der Waals surface area contributed by atoms with Gasteiger partial charge in [0.25, 0.3) is 0 Å². The van der Waals surface area contributed by atoms with Gasteiger partial charge in [0.2, 0.25) is 0 Å². The van der Waals surface area contributed by atoms with Crippen LogP contribution >= 0.6 is 0 Å². The van der Waals surface area contributed by atoms with Gasteiger partial charge in [-0.15, -0.1) is 0 Å². The molecule has 1 aliphatic rings. The number of nitrogens with zero attached hydrogens (tertiary/aromatic N) is 1. The van der Waals surface area contributed by atoms with Crippen molar-refractivity contribution in [3.05, 3.63) is 42.0 Å². The molecular formula is C19H23NO2. The Morgan fingerprint density at radius 2 is 1.91 bits per heavy atom. The van der Waals surface area contributed by atoms with Crippen molar-refractivity contribution in [3.63, 3.8) is 0 Å². The SMILES string of the molecule is COc1ccc2cc(C(=O)C3(C)CCCN(C)C3)ccc2c1. The molecule has 3 rings (SSSR count). The molecule has 2 aromatic carbocycles. The summed E-state index contributed by atoms with van der Waals surface area (Å²) in [4.78, 5) is 15.2. The van der Waals surface area contributed by atoms with Gasteiger partial charge in [0.15, 0.2) is 5.78 Å². The third-order valence-electron chi connectivity index (χ3n) is 4.75. The molecule has 0 amide bonds. The Hall–Kier alpha value is -1.87. The Morgan fingerprint density at radius 1 is 1.18 bits per heavy atom. The third kappa shape index (κ3) is 2.73. The van der Waals surface area contributed by atoms with Crippen molar-refractivity contribution in [2.24, 2.45) is 5.41 Å². The van der Waals surface area contributed by atoms with E-state index in [-0.39, 0.29) is 11.2 Å². The maximum absolute atomic E-state index is 13.0. The zero-order valence-electron chi connectivity index (χ0n) is 13.6. The summed E-state index contributed by atoms with van der Waals surface area (Å²) in [5.41, 5.74) is 0.545. The lowest BCUT2D eigenvalue weighted by molar-refractivity contribution is 0.0648. The fourth-order valence-corrected chi connectivity index (χ4v) is 3.52. The van der Waals surface area contributed by atoms with E-state index in [1.54, 1.807) is 7.11 Å². The molecule has 116 valence electrons. The van der Waals surface area contributed by atoms with E-state index < -0.39 is 0 Å². The normalized spacial score (nSPS) is 22.7. The number of carbonyl (C=O) groups excluding carboxylic acids is 1. The summed E-state index contributed by atoms with van der Waals surface area (Å²) in [6.07, 6.45) is 2.06. The highest BCUT2D eigenvalue weighted by molar-refractivity contribution is 6.03. The van der Waals surface area contributed by atoms with Gasteiger partial charge in [-0.2, -0.15) is 0 Å². The zero-order valence-corrected chi connectivity index (χ0v) is 13.6. The first-order valence-corrected chi connectivity index (χ1v) is 7.83. The van der Waals surface area contributed by atoms with E-state index >= 15 is 0 Å². The standard InChI is InChI=1S/C19H23NO2/c1-19(9-4-10-20(2)13-19)18(21)16-6-5-15-12-17(22-3)8-7-14(15)11-16/h5-8,11-12H,4,9-10,13H2,1-3H3. The van der Waals surface area contributed by atoms with Crippen LogP contribution in [0.4, 0.5) is 0 Å². The minimum atomic E-state index is -0.271. The van der Waals surface area contributed by atoms with Crippen LogP contribution in [0.3, 0.4) is 0 Å². The van der Waals surface area contributed by atoms with Gasteiger partial charge >= 0.3 is 0 Å². The molecular weight excluding hydrogens is 274 g/mol. The highest BCUT2D eigenvalue weighted by atomic mass is 16.5. The molecule has 0 aromatic heterocycles. The van der Waals surface area contributed by atoms with E-state index in [2.05, 4.69) is 18.9 Å². The number of rotatable bonds is 3. The number of carbonyl (C=O) groups is 1. The number of benzene rings is 2. The average Bonchev–Trinajstić information content (AvgIpc) is 2.53. The molecule has 1 saturated heterocycles. The number of fused-ring (bicyclic) bond motifs is 1. The molecule has 0 saturated carbocycles. The van der Waals surface area contributed by atoms with Crippen molar-refractivity contribution >= 4 is 16.6 Å². The fourth-order valence-electron chi connectivity index (χ4n) is 3.52. The van der Waals surface area contributed by atoms with E-state index in [4.69, 9.17) is 4.74 Å². The van der Waals surface area contributed by atoms with E-state index in [0.717, 1.165) is 48.0 Å². The maximum atomic E-state index is 13.0. The van der Waals surface area contributed by atoms with Crippen LogP contribution in [0.25, 0.3) is 10.8 Å². The number of hydrogen-bond acceptors (Lipinski definition) is 3. The predicted octanol–water partition coefficient (Wildman–Crippen LogP) is 3.76. The van der Waals surface area contributed by atoms with Crippen LogP contribution in [0.1, 0.15) is 30.1 Å². The van der Waals surface area contributed by atoms with Crippen molar-refractivity contribution in [2.45, 2.75) is 19.8 Å². The fraction of sp³-hybridized carbons (Fsp3) is 0.421. The molecule has 2 aromatic rings. The molecule has 1 fully saturated rings. The lowest BCUT2D eigenvalue weighted by Gasteiger charge is -2.37. The first kappa shape index (κ1) is 15.0. The molecule has 0 radical (unpaired) electrons. The second-order valence-corrected chi connectivity index (χ2v) is 6.66. The predicted molar refractivity (Wildman–Crippen MR) is 89.7 cm³/mol. The van der Waals surface area contributed by atoms with Crippen molar-refractivity contribution < 1.29 is 9.53 Å². The second kappa shape index (κ2) is 5.73. The number of Topliss-reactive ketones (excluding diaryl/α,β-unsaturated/α-hetero) is 1. The molecule has 0 N–H and O–H groups in total. The Balaban J connectivity index is 1.94. The summed E-state index contributed by atoms with van der Waals surface area (Å²) in [5.74, 6) is 1.10. The molecule has 0 bridgehead atoms. The molecule has 3 heteroatoms. The quantitative estimate of drug-likeness (QED) is 0.808. The summed E-state index contributed by atoms with van der Waals surface area (Å²) in [6.45, 7) is 4.02. The van der Waals surface area contributed by atoms with Gasteiger partial charge in [-0.25, -0.2) is 0 Å². The Kier molecular flexibility index (Phi) is 3.92. The smallest absolute Gasteiger partial charge is 0.170 e. The summed E-state index contributed by atoms with van der Waals surface area (Å²) < 4.78 is 5.25. The van der Waals surface area contributed by atoms with Gasteiger partial charge in [-0.1, -0.05) is 25.1 Å². The highest BCUT2D eigenvalue weighted by Crippen LogP contribution is 2.33. The molecule has 1 atom stereocenters. The molecule has 1 aliphatic heterocycles. The number of ether oxygens (including phenoxy) is 1. The number of ketones is 1. The third-order valence-corrected chi connectivity index (χ3v) is 4.75. The molecule has 0 aliphatic carbocycles. The number of piperidine rings is 1. The minimum Gasteiger partial charge on any atom is -0.497 e. The maximum Gasteiger partial charge on any atom is 0.170 e. The van der Waals surface area contributed by atoms with Gasteiger partial charge in [-0.3, -0.25) is 4.79 Å². The van der Waals surface area contributed by atoms with Crippen LogP contribution in [-0.2, 0) is 0 Å². The van der Waals surface area contributed by atoms with Gasteiger partial charge < -0.3 is 9.64 Å². The molecule has 22 heavy (non-hydrogen) atoms. The van der Waals surface area contributed by atoms with Crippen molar-refractivity contribution in [2.75, 3.05) is 27.2 Å². The van der Waals surface area contributed by atoms with Gasteiger partial charge in [0, 0.05) is 17.5 Å². The zero-order chi connectivity index (χ0) is 15.7. The lowest BCUT2D eigenvalue weighted by Crippen LogP contribution is -2.44. The Labute approximate surface area is 131 Å². The number of hydrogen-bond donors (Lipinski definition) is 0. The first-order chi connectivity index (χ1) is 10.5. The highest BCUT2D eigenvalue weighted by Gasteiger charge is 2.37. The van der Waals surface area contributed by atoms with Crippen molar-refractivity contribution in [1.29, 1.82) is 0 Å². The monoisotopic (exact) mass is 297 g/mol. The van der Waals surface area contributed by atoms with E-state index in [1.807, 2.05) is 36.4 Å². The molecule has 1 heterocycles. The Bertz CT molecular complexity index is 710. The summed E-state index contributed by atoms with van der Waals surface area (Å²) in [6, 6.07) is 11.9. The molecule has 0 spiro atoms. The average molecular weight is 297 g/mol. The van der Waals surface area contributed by atoms with Crippen molar-refractivity contribution in [1.82, 2.24) is 4.90 Å². The molecule has 3 nitrogen and oxygen atoms in total. The summed E-state index contributed by atoms with van der Waals surface area (Å²) in [5, 5.41) is 2.18. The van der Waals surface area contributed by atoms with Crippen LogP contribution in [-0.4, -0.2) is 37.9 Å². The minimum absolute atomic E-state index is 0.261. The van der Waals surface area contributed by atoms with E-state index in [9.17, 15) is 4.79 Å². The topological polar surface area (TPSA) is 29.5 Å². The van der Waals surface area contributed by atoms with Crippen LogP contribution in [0.15, 0.2) is 36.4 Å². The van der Waals surface area contributed by atoms with Crippen LogP contribution in [0.5, 0.6) is 5.75 Å². The Morgan fingerprint density at radius 3 is 2.64 bits per heavy atom. The number of likely N-dealkylation sites (tertiary alicyclic amines) is 1. The largest absolute Gasteiger partial charge is 0.497 e. The molecule has 1 unspecified atom stereocenters. The van der Waals surface area contributed by atoms with E-state index in [1.165, 1.54) is 0 Å². The summed E-state index contributed by atoms with van der Waals surface area (Å²) in [7, 11) is 3.76. The number of methoxy groups -OCH3 is 1. The second-order valence-electron chi connectivity index (χ2n) is 6.66. The van der Waals surface area contributed by atoms with Gasteiger partial charge in [-0.05, 0) is 55.4 Å². The van der Waals surface area contributed by atoms with E-state index in [0.29, 0.717) is 0 Å². The first-order valence-electron chi connectivity index (χ1n) is 7.83.